The van der Waals surface area contributed by atoms with Crippen molar-refractivity contribution >= 4 is 5.97 Å². The lowest BCUT2D eigenvalue weighted by Gasteiger charge is -1.89. The van der Waals surface area contributed by atoms with E-state index in [1.807, 2.05) is 34.9 Å². The third kappa shape index (κ3) is 3.52. The Kier molecular flexibility index (Phi) is 4.58. The molecule has 0 unspecified atom stereocenters. The van der Waals surface area contributed by atoms with E-state index in [1.54, 1.807) is 0 Å². The van der Waals surface area contributed by atoms with Crippen LogP contribution in [-0.2, 0) is 18.4 Å². The fourth-order valence-corrected chi connectivity index (χ4v) is 0.859. The van der Waals surface area contributed by atoms with Crippen molar-refractivity contribution in [1.82, 2.24) is 4.57 Å². The fraction of sp³-hybridized carbons (Fsp3) is 0.429. The highest BCUT2D eigenvalue weighted by Crippen LogP contribution is 1.88. The van der Waals surface area contributed by atoms with Crippen LogP contribution < -0.4 is 21.5 Å². The lowest BCUT2D eigenvalue weighted by molar-refractivity contribution is -0.671. The summed E-state index contributed by atoms with van der Waals surface area (Å²) >= 11 is 0. The van der Waals surface area contributed by atoms with Gasteiger partial charge in [-0.1, -0.05) is 0 Å². The summed E-state index contributed by atoms with van der Waals surface area (Å²) in [6.45, 7) is 0.538. The number of aliphatic carboxylic acids is 1. The number of nitrogens with zero attached hydrogens (tertiary/aromatic N) is 2. The van der Waals surface area contributed by atoms with Crippen LogP contribution in [0.3, 0.4) is 0 Å². The van der Waals surface area contributed by atoms with Crippen LogP contribution in [0.2, 0.25) is 0 Å². The van der Waals surface area contributed by atoms with Gasteiger partial charge in [-0.2, -0.15) is 0 Å². The van der Waals surface area contributed by atoms with Gasteiger partial charge >= 0.3 is 5.97 Å². The average Bonchev–Trinajstić information content (AvgIpc) is 2.31. The molecule has 5 heteroatoms. The van der Waals surface area contributed by atoms with Gasteiger partial charge in [-0.3, -0.25) is 4.79 Å². The molecule has 0 spiro atoms. The van der Waals surface area contributed by atoms with Gasteiger partial charge in [0.1, 0.15) is 18.9 Å². The number of hydrogen-bond donors (Lipinski definition) is 1. The smallest absolute Gasteiger partial charge is 0.307 e. The van der Waals surface area contributed by atoms with Crippen molar-refractivity contribution in [3.8, 4) is 0 Å². The Morgan fingerprint density at radius 1 is 1.67 bits per heavy atom. The molecule has 1 aromatic rings. The molecular formula is C7H11BrN2O2. The van der Waals surface area contributed by atoms with E-state index in [1.165, 1.54) is 0 Å². The lowest BCUT2D eigenvalue weighted by atomic mass is 10.4. The van der Waals surface area contributed by atoms with Crippen molar-refractivity contribution in [1.29, 1.82) is 0 Å². The SMILES string of the molecule is C[n+]1ccn(CCC(=O)O)c1.[Br-]. The normalized spacial score (nSPS) is 9.08. The van der Waals surface area contributed by atoms with Crippen LogP contribution >= 0.6 is 0 Å². The van der Waals surface area contributed by atoms with E-state index >= 15 is 0 Å². The first-order valence-electron chi connectivity index (χ1n) is 3.41. The van der Waals surface area contributed by atoms with Gasteiger partial charge in [0.2, 0.25) is 6.33 Å². The van der Waals surface area contributed by atoms with E-state index in [4.69, 9.17) is 5.11 Å². The standard InChI is InChI=1S/C7H10N2O2.BrH/c1-8-4-5-9(6-8)3-2-7(10)11;/h4-6H,2-3H2,1H3;1H. The number of hydrogen-bond acceptors (Lipinski definition) is 1. The number of aromatic nitrogens is 2. The number of carboxylic acids is 1. The molecule has 1 heterocycles. The van der Waals surface area contributed by atoms with E-state index < -0.39 is 5.97 Å². The van der Waals surface area contributed by atoms with Crippen LogP contribution in [0.5, 0.6) is 0 Å². The van der Waals surface area contributed by atoms with Crippen LogP contribution in [0.25, 0.3) is 0 Å². The van der Waals surface area contributed by atoms with Crippen LogP contribution in [0.15, 0.2) is 18.7 Å². The van der Waals surface area contributed by atoms with Gasteiger partial charge in [-0.15, -0.1) is 0 Å². The fourth-order valence-electron chi connectivity index (χ4n) is 0.859. The molecule has 4 nitrogen and oxygen atoms in total. The van der Waals surface area contributed by atoms with Gasteiger partial charge in [0.25, 0.3) is 0 Å². The Bertz CT molecular complexity index is 260. The number of halogens is 1. The first-order valence-corrected chi connectivity index (χ1v) is 3.41. The molecule has 0 aliphatic rings. The molecule has 1 N–H and O–H groups in total. The van der Waals surface area contributed by atoms with E-state index in [2.05, 4.69) is 0 Å². The van der Waals surface area contributed by atoms with Gasteiger partial charge in [-0.25, -0.2) is 9.13 Å². The predicted molar refractivity (Wildman–Crippen MR) is 37.9 cm³/mol. The summed E-state index contributed by atoms with van der Waals surface area (Å²) in [6.07, 6.45) is 5.75. The first-order chi connectivity index (χ1) is 5.18. The zero-order chi connectivity index (χ0) is 8.27. The van der Waals surface area contributed by atoms with Crippen molar-refractivity contribution in [3.63, 3.8) is 0 Å². The van der Waals surface area contributed by atoms with Crippen LogP contribution in [0.1, 0.15) is 6.42 Å². The maximum Gasteiger partial charge on any atom is 0.307 e. The first kappa shape index (κ1) is 11.2. The quantitative estimate of drug-likeness (QED) is 0.560. The minimum atomic E-state index is -0.763. The largest absolute Gasteiger partial charge is 1.00 e. The summed E-state index contributed by atoms with van der Waals surface area (Å²) < 4.78 is 3.72. The number of imidazole rings is 1. The van der Waals surface area contributed by atoms with Crippen molar-refractivity contribution in [3.05, 3.63) is 18.7 Å². The highest BCUT2D eigenvalue weighted by Gasteiger charge is 2.02. The monoisotopic (exact) mass is 234 g/mol. The highest BCUT2D eigenvalue weighted by atomic mass is 79.9. The molecule has 0 bridgehead atoms. The molecule has 0 aromatic carbocycles. The van der Waals surface area contributed by atoms with Gasteiger partial charge in [-0.05, 0) is 0 Å². The topological polar surface area (TPSA) is 46.1 Å². The Labute approximate surface area is 81.2 Å². The second kappa shape index (κ2) is 4.92. The Morgan fingerprint density at radius 2 is 2.33 bits per heavy atom. The van der Waals surface area contributed by atoms with Crippen molar-refractivity contribution in [2.24, 2.45) is 7.05 Å². The molecule has 0 fully saturated rings. The van der Waals surface area contributed by atoms with Gasteiger partial charge < -0.3 is 22.1 Å². The van der Waals surface area contributed by atoms with Gasteiger partial charge in [0.05, 0.1) is 13.5 Å². The van der Waals surface area contributed by atoms with E-state index in [0.717, 1.165) is 0 Å². The van der Waals surface area contributed by atoms with Gasteiger partial charge in [0, 0.05) is 0 Å². The molecule has 68 valence electrons. The molecule has 0 saturated carbocycles. The van der Waals surface area contributed by atoms with Crippen molar-refractivity contribution in [2.45, 2.75) is 13.0 Å². The number of aryl methyl sites for hydroxylation is 2. The summed E-state index contributed by atoms with van der Waals surface area (Å²) in [6, 6.07) is 0. The second-order valence-electron chi connectivity index (χ2n) is 2.46. The van der Waals surface area contributed by atoms with Crippen molar-refractivity contribution < 1.29 is 31.4 Å². The zero-order valence-electron chi connectivity index (χ0n) is 6.77. The highest BCUT2D eigenvalue weighted by molar-refractivity contribution is 5.66. The zero-order valence-corrected chi connectivity index (χ0v) is 8.36. The van der Waals surface area contributed by atoms with E-state index in [9.17, 15) is 4.79 Å². The lowest BCUT2D eigenvalue weighted by Crippen LogP contribution is -3.00. The average molecular weight is 235 g/mol. The predicted octanol–water partition coefficient (Wildman–Crippen LogP) is -3.21. The summed E-state index contributed by atoms with van der Waals surface area (Å²) in [7, 11) is 1.90. The number of carbonyl (C=O) groups is 1. The summed E-state index contributed by atoms with van der Waals surface area (Å²) in [4.78, 5) is 10.2. The molecule has 12 heavy (non-hydrogen) atoms. The van der Waals surface area contributed by atoms with Gasteiger partial charge in [0.15, 0.2) is 0 Å². The molecular weight excluding hydrogens is 224 g/mol. The summed E-state index contributed by atoms with van der Waals surface area (Å²) in [5.41, 5.74) is 0. The summed E-state index contributed by atoms with van der Waals surface area (Å²) in [5, 5.41) is 8.36. The third-order valence-electron chi connectivity index (χ3n) is 1.41. The molecule has 0 saturated heterocycles. The third-order valence-corrected chi connectivity index (χ3v) is 1.41. The second-order valence-corrected chi connectivity index (χ2v) is 2.46. The van der Waals surface area contributed by atoms with E-state index in [0.29, 0.717) is 6.54 Å². The molecule has 0 aliphatic heterocycles. The molecule has 0 atom stereocenters. The minimum absolute atomic E-state index is 0. The number of rotatable bonds is 3. The summed E-state index contributed by atoms with van der Waals surface area (Å²) in [5.74, 6) is -0.763. The molecule has 1 rings (SSSR count). The van der Waals surface area contributed by atoms with Crippen molar-refractivity contribution in [2.75, 3.05) is 0 Å². The molecule has 0 amide bonds. The van der Waals surface area contributed by atoms with Crippen LogP contribution in [-0.4, -0.2) is 15.6 Å². The molecule has 0 aliphatic carbocycles. The minimum Gasteiger partial charge on any atom is -1.00 e. The Balaban J connectivity index is 0.00000121. The Hall–Kier alpha value is -0.840. The molecule has 0 radical (unpaired) electrons. The van der Waals surface area contributed by atoms with Crippen LogP contribution in [0, 0.1) is 0 Å². The van der Waals surface area contributed by atoms with E-state index in [-0.39, 0.29) is 23.4 Å². The van der Waals surface area contributed by atoms with Crippen LogP contribution in [0.4, 0.5) is 0 Å². The maximum atomic E-state index is 10.2. The Morgan fingerprint density at radius 3 is 2.75 bits per heavy atom. The molecule has 1 aromatic heterocycles. The maximum absolute atomic E-state index is 10.2. The number of carboxylic acid groups (broad SMARTS) is 1.